The first-order valence-electron chi connectivity index (χ1n) is 6.78. The lowest BCUT2D eigenvalue weighted by Gasteiger charge is -2.29. The summed E-state index contributed by atoms with van der Waals surface area (Å²) in [6, 6.07) is 0. The second-order valence-corrected chi connectivity index (χ2v) is 5.83. The molecule has 1 atom stereocenters. The number of halogens is 3. The van der Waals surface area contributed by atoms with Crippen molar-refractivity contribution < 1.29 is 28.2 Å². The van der Waals surface area contributed by atoms with Gasteiger partial charge in [-0.25, -0.2) is 4.98 Å². The molecule has 0 saturated heterocycles. The molecule has 2 rings (SSSR count). The molecule has 0 bridgehead atoms. The van der Waals surface area contributed by atoms with Gasteiger partial charge < -0.3 is 20.1 Å². The normalized spacial score (nSPS) is 19.5. The van der Waals surface area contributed by atoms with Gasteiger partial charge in [-0.1, -0.05) is 0 Å². The van der Waals surface area contributed by atoms with Crippen LogP contribution >= 0.6 is 0 Å². The molecule has 1 unspecified atom stereocenters. The van der Waals surface area contributed by atoms with E-state index in [0.717, 1.165) is 10.8 Å². The number of aliphatic hydroxyl groups excluding tert-OH is 1. The van der Waals surface area contributed by atoms with Crippen LogP contribution in [0.2, 0.25) is 0 Å². The molecule has 0 spiro atoms. The van der Waals surface area contributed by atoms with E-state index < -0.39 is 35.3 Å². The fourth-order valence-corrected chi connectivity index (χ4v) is 2.22. The zero-order chi connectivity index (χ0) is 16.6. The summed E-state index contributed by atoms with van der Waals surface area (Å²) in [4.78, 5) is 15.3. The molecule has 1 fully saturated rings. The lowest BCUT2D eigenvalue weighted by atomic mass is 9.97. The van der Waals surface area contributed by atoms with Gasteiger partial charge in [-0.15, -0.1) is 0 Å². The smallest absolute Gasteiger partial charge is 0.396 e. The van der Waals surface area contributed by atoms with Crippen LogP contribution in [0.25, 0.3) is 0 Å². The maximum Gasteiger partial charge on any atom is 0.425 e. The second-order valence-electron chi connectivity index (χ2n) is 5.83. The van der Waals surface area contributed by atoms with Crippen LogP contribution in [-0.2, 0) is 17.4 Å². The number of carbonyl (C=O) groups excluding carboxylic acids is 1. The van der Waals surface area contributed by atoms with Crippen LogP contribution in [0.4, 0.5) is 13.2 Å². The molecule has 0 aliphatic heterocycles. The predicted molar refractivity (Wildman–Crippen MR) is 69.5 cm³/mol. The number of carbonyl (C=O) groups is 1. The first-order chi connectivity index (χ1) is 10.1. The van der Waals surface area contributed by atoms with Crippen molar-refractivity contribution in [3.05, 3.63) is 18.2 Å². The summed E-state index contributed by atoms with van der Waals surface area (Å²) in [6.45, 7) is -0.0347. The third-order valence-corrected chi connectivity index (χ3v) is 4.03. The Hall–Kier alpha value is -1.61. The number of amides is 1. The highest BCUT2D eigenvalue weighted by atomic mass is 19.4. The first kappa shape index (κ1) is 16.8. The van der Waals surface area contributed by atoms with Crippen LogP contribution in [0.3, 0.4) is 0 Å². The zero-order valence-corrected chi connectivity index (χ0v) is 12.0. The Balaban J connectivity index is 2.11. The maximum atomic E-state index is 13.2. The molecular weight excluding hydrogens is 303 g/mol. The second kappa shape index (κ2) is 5.54. The van der Waals surface area contributed by atoms with Gasteiger partial charge in [0.2, 0.25) is 11.5 Å². The summed E-state index contributed by atoms with van der Waals surface area (Å²) in [5.41, 5.74) is -3.78. The fraction of sp³-hybridized carbons (Fsp3) is 0.692. The van der Waals surface area contributed by atoms with Crippen molar-refractivity contribution in [2.75, 3.05) is 13.2 Å². The lowest BCUT2D eigenvalue weighted by Crippen LogP contribution is -2.48. The van der Waals surface area contributed by atoms with E-state index in [0.29, 0.717) is 12.8 Å². The Kier molecular flexibility index (Phi) is 4.22. The Bertz CT molecular complexity index is 554. The van der Waals surface area contributed by atoms with Gasteiger partial charge in [0.05, 0.1) is 13.0 Å². The van der Waals surface area contributed by atoms with Gasteiger partial charge in [-0.3, -0.25) is 4.79 Å². The van der Waals surface area contributed by atoms with Crippen molar-refractivity contribution in [1.29, 1.82) is 0 Å². The van der Waals surface area contributed by atoms with E-state index in [2.05, 4.69) is 10.3 Å². The van der Waals surface area contributed by atoms with Crippen LogP contribution in [0.1, 0.15) is 25.1 Å². The van der Waals surface area contributed by atoms with Crippen molar-refractivity contribution in [2.24, 2.45) is 12.5 Å². The molecule has 0 radical (unpaired) electrons. The summed E-state index contributed by atoms with van der Waals surface area (Å²) in [7, 11) is 1.31. The molecule has 9 heteroatoms. The largest absolute Gasteiger partial charge is 0.425 e. The van der Waals surface area contributed by atoms with Gasteiger partial charge >= 0.3 is 6.18 Å². The van der Waals surface area contributed by atoms with Gasteiger partial charge in [0.1, 0.15) is 0 Å². The van der Waals surface area contributed by atoms with Gasteiger partial charge in [0.25, 0.3) is 0 Å². The highest BCUT2D eigenvalue weighted by Crippen LogP contribution is 2.44. The molecule has 1 aliphatic carbocycles. The van der Waals surface area contributed by atoms with Crippen molar-refractivity contribution in [1.82, 2.24) is 14.9 Å². The van der Waals surface area contributed by atoms with E-state index in [-0.39, 0.29) is 13.2 Å². The van der Waals surface area contributed by atoms with Gasteiger partial charge in [0, 0.05) is 31.4 Å². The minimum absolute atomic E-state index is 0.0941. The van der Waals surface area contributed by atoms with Gasteiger partial charge in [-0.2, -0.15) is 13.2 Å². The number of aryl methyl sites for hydroxylation is 1. The van der Waals surface area contributed by atoms with E-state index >= 15 is 0 Å². The SMILES string of the molecule is Cn1ccnc1C(O)(CC(=O)NCC1(CO)CC1)C(F)(F)F. The molecule has 1 aliphatic rings. The molecule has 0 aromatic carbocycles. The molecular formula is C13H18F3N3O3. The highest BCUT2D eigenvalue weighted by molar-refractivity contribution is 5.77. The molecule has 124 valence electrons. The van der Waals surface area contributed by atoms with E-state index in [1.165, 1.54) is 13.2 Å². The standard InChI is InChI=1S/C13H18F3N3O3/c1-19-5-4-17-10(19)12(22,13(14,15)16)6-9(21)18-7-11(8-20)2-3-11/h4-5,20,22H,2-3,6-8H2,1H3,(H,18,21). The number of alkyl halides is 3. The zero-order valence-electron chi connectivity index (χ0n) is 12.0. The molecule has 1 amide bonds. The van der Waals surface area contributed by atoms with Gasteiger partial charge in [0.15, 0.2) is 5.82 Å². The number of hydrogen-bond acceptors (Lipinski definition) is 4. The number of aliphatic hydroxyl groups is 2. The Morgan fingerprint density at radius 3 is 2.55 bits per heavy atom. The first-order valence-corrected chi connectivity index (χ1v) is 6.78. The van der Waals surface area contributed by atoms with E-state index in [4.69, 9.17) is 5.11 Å². The molecule has 1 saturated carbocycles. The Morgan fingerprint density at radius 1 is 1.50 bits per heavy atom. The summed E-state index contributed by atoms with van der Waals surface area (Å²) >= 11 is 0. The third kappa shape index (κ3) is 3.09. The quantitative estimate of drug-likeness (QED) is 0.710. The number of nitrogens with zero attached hydrogens (tertiary/aromatic N) is 2. The maximum absolute atomic E-state index is 13.2. The van der Waals surface area contributed by atoms with Crippen molar-refractivity contribution >= 4 is 5.91 Å². The van der Waals surface area contributed by atoms with Crippen molar-refractivity contribution in [3.8, 4) is 0 Å². The lowest BCUT2D eigenvalue weighted by molar-refractivity contribution is -0.271. The minimum Gasteiger partial charge on any atom is -0.396 e. The predicted octanol–water partition coefficient (Wildman–Crippen LogP) is 0.449. The molecule has 6 nitrogen and oxygen atoms in total. The summed E-state index contributed by atoms with van der Waals surface area (Å²) < 4.78 is 40.7. The van der Waals surface area contributed by atoms with Gasteiger partial charge in [-0.05, 0) is 12.8 Å². The van der Waals surface area contributed by atoms with E-state index in [1.807, 2.05) is 0 Å². The van der Waals surface area contributed by atoms with Crippen LogP contribution < -0.4 is 5.32 Å². The highest BCUT2D eigenvalue weighted by Gasteiger charge is 2.58. The Labute approximate surface area is 125 Å². The average Bonchev–Trinajstić information content (AvgIpc) is 3.09. The van der Waals surface area contributed by atoms with Crippen molar-refractivity contribution in [3.63, 3.8) is 0 Å². The van der Waals surface area contributed by atoms with Crippen LogP contribution in [0.5, 0.6) is 0 Å². The molecule has 1 heterocycles. The summed E-state index contributed by atoms with van der Waals surface area (Å²) in [6.07, 6.45) is -2.41. The van der Waals surface area contributed by atoms with E-state index in [1.54, 1.807) is 0 Å². The molecule has 22 heavy (non-hydrogen) atoms. The Morgan fingerprint density at radius 2 is 2.14 bits per heavy atom. The van der Waals surface area contributed by atoms with Crippen molar-refractivity contribution in [2.45, 2.75) is 31.0 Å². The fourth-order valence-electron chi connectivity index (χ4n) is 2.22. The summed E-state index contributed by atoms with van der Waals surface area (Å²) in [5, 5.41) is 21.5. The van der Waals surface area contributed by atoms with Crippen LogP contribution in [-0.4, -0.2) is 45.0 Å². The molecule has 1 aromatic rings. The third-order valence-electron chi connectivity index (χ3n) is 4.03. The number of imidazole rings is 1. The van der Waals surface area contributed by atoms with Crippen LogP contribution in [0.15, 0.2) is 12.4 Å². The minimum atomic E-state index is -5.04. The summed E-state index contributed by atoms with van der Waals surface area (Å²) in [5.74, 6) is -1.58. The molecule has 3 N–H and O–H groups in total. The number of hydrogen-bond donors (Lipinski definition) is 3. The van der Waals surface area contributed by atoms with E-state index in [9.17, 15) is 23.1 Å². The number of rotatable bonds is 6. The molecule has 1 aromatic heterocycles. The number of nitrogens with one attached hydrogen (secondary N) is 1. The van der Waals surface area contributed by atoms with Crippen LogP contribution in [0, 0.1) is 5.41 Å². The number of aromatic nitrogens is 2. The topological polar surface area (TPSA) is 87.4 Å². The monoisotopic (exact) mass is 321 g/mol. The average molecular weight is 321 g/mol.